The van der Waals surface area contributed by atoms with Crippen molar-refractivity contribution in [3.63, 3.8) is 0 Å². The summed E-state index contributed by atoms with van der Waals surface area (Å²) in [6.07, 6.45) is 0. The molecule has 0 bridgehead atoms. The predicted octanol–water partition coefficient (Wildman–Crippen LogP) is 12.5. The Balaban J connectivity index is 1.14. The smallest absolute Gasteiger partial charge is 0.164 e. The quantitative estimate of drug-likeness (QED) is 0.176. The number of nitrogens with zero attached hydrogens (tertiary/aromatic N) is 4. The number of hydrogen-bond acceptors (Lipinski definition) is 5. The van der Waals surface area contributed by atoms with Gasteiger partial charge in [0.1, 0.15) is 11.5 Å². The fraction of sp³-hybridized carbons (Fsp3) is 0.0189. The zero-order valence-electron chi connectivity index (χ0n) is 31.2. The second kappa shape index (κ2) is 13.4. The Morgan fingerprint density at radius 1 is 0.362 bits per heavy atom. The van der Waals surface area contributed by atoms with E-state index in [4.69, 9.17) is 19.7 Å². The summed E-state index contributed by atoms with van der Waals surface area (Å²) < 4.78 is 6.86. The van der Waals surface area contributed by atoms with Crippen LogP contribution in [-0.2, 0) is 5.41 Å². The Kier molecular flexibility index (Phi) is 7.70. The van der Waals surface area contributed by atoms with Gasteiger partial charge in [-0.3, -0.25) is 0 Å². The van der Waals surface area contributed by atoms with E-state index in [1.54, 1.807) is 0 Å². The monoisotopic (exact) mass is 740 g/mol. The van der Waals surface area contributed by atoms with Gasteiger partial charge in [-0.1, -0.05) is 146 Å². The molecule has 5 nitrogen and oxygen atoms in total. The number of benzene rings is 8. The highest BCUT2D eigenvalue weighted by atomic mass is 16.5. The first kappa shape index (κ1) is 33.4. The van der Waals surface area contributed by atoms with E-state index < -0.39 is 5.41 Å². The Morgan fingerprint density at radius 3 is 1.41 bits per heavy atom. The van der Waals surface area contributed by atoms with Crippen LogP contribution in [-0.4, -0.2) is 15.0 Å². The molecule has 5 heteroatoms. The topological polar surface area (TPSA) is 71.7 Å². The van der Waals surface area contributed by atoms with E-state index in [0.717, 1.165) is 61.6 Å². The number of rotatable bonds is 5. The zero-order chi connectivity index (χ0) is 38.6. The van der Waals surface area contributed by atoms with Gasteiger partial charge < -0.3 is 4.74 Å². The van der Waals surface area contributed by atoms with Crippen molar-refractivity contribution < 1.29 is 4.74 Å². The number of fused-ring (bicyclic) bond motifs is 9. The molecule has 1 spiro atoms. The molecule has 0 radical (unpaired) electrons. The largest absolute Gasteiger partial charge is 0.457 e. The Morgan fingerprint density at radius 2 is 0.793 bits per heavy atom. The minimum atomic E-state index is -0.711. The van der Waals surface area contributed by atoms with Crippen molar-refractivity contribution in [2.24, 2.45) is 0 Å². The third kappa shape index (κ3) is 5.27. The third-order valence-electron chi connectivity index (χ3n) is 11.4. The molecule has 0 saturated heterocycles. The molecule has 2 heterocycles. The second-order valence-corrected chi connectivity index (χ2v) is 14.7. The van der Waals surface area contributed by atoms with Crippen LogP contribution in [0.25, 0.3) is 67.5 Å². The van der Waals surface area contributed by atoms with Gasteiger partial charge in [-0.2, -0.15) is 5.26 Å². The molecule has 1 aromatic heterocycles. The maximum absolute atomic E-state index is 9.50. The number of hydrogen-bond donors (Lipinski definition) is 0. The first-order valence-electron chi connectivity index (χ1n) is 19.3. The molecular weight excluding hydrogens is 709 g/mol. The molecule has 1 aliphatic carbocycles. The SMILES string of the molecule is N#Cc1ccc(-c2ccc3c(c2)C2(c4cc(-c5nc(-c6ccccc6)nc(-c6cccc(-c7ccccc7)c6)n5)ccc4O3)c3ccccc3-c3ccccc32)cc1. The van der Waals surface area contributed by atoms with Gasteiger partial charge in [-0.05, 0) is 93.0 Å². The number of aromatic nitrogens is 3. The van der Waals surface area contributed by atoms with Crippen LogP contribution >= 0.6 is 0 Å². The molecule has 58 heavy (non-hydrogen) atoms. The van der Waals surface area contributed by atoms with Crippen LogP contribution in [0.1, 0.15) is 27.8 Å². The highest BCUT2D eigenvalue weighted by molar-refractivity contribution is 5.90. The zero-order valence-corrected chi connectivity index (χ0v) is 31.2. The van der Waals surface area contributed by atoms with Crippen molar-refractivity contribution >= 4 is 0 Å². The third-order valence-corrected chi connectivity index (χ3v) is 11.4. The van der Waals surface area contributed by atoms with Crippen LogP contribution in [0.5, 0.6) is 11.5 Å². The van der Waals surface area contributed by atoms with Crippen molar-refractivity contribution in [3.05, 3.63) is 222 Å². The lowest BCUT2D eigenvalue weighted by Crippen LogP contribution is -2.32. The lowest BCUT2D eigenvalue weighted by Gasteiger charge is -2.40. The van der Waals surface area contributed by atoms with Crippen molar-refractivity contribution in [3.8, 4) is 85.1 Å². The molecule has 0 unspecified atom stereocenters. The summed E-state index contributed by atoms with van der Waals surface area (Å²) in [6.45, 7) is 0. The van der Waals surface area contributed by atoms with Crippen molar-refractivity contribution in [1.29, 1.82) is 5.26 Å². The second-order valence-electron chi connectivity index (χ2n) is 14.7. The molecule has 11 rings (SSSR count). The average molecular weight is 741 g/mol. The molecule has 0 atom stereocenters. The normalized spacial score (nSPS) is 12.7. The highest BCUT2D eigenvalue weighted by Gasteiger charge is 2.51. The minimum absolute atomic E-state index is 0.573. The van der Waals surface area contributed by atoms with Gasteiger partial charge in [0.2, 0.25) is 0 Å². The molecule has 0 N–H and O–H groups in total. The summed E-state index contributed by atoms with van der Waals surface area (Å²) in [7, 11) is 0. The predicted molar refractivity (Wildman–Crippen MR) is 229 cm³/mol. The standard InChI is InChI=1S/C53H32N4O/c54-33-34-22-24-36(25-23-34)39-26-28-48-46(31-39)53(44-20-9-7-18-42(44)43-19-8-10-21-45(43)53)47-32-41(27-29-49(47)58-48)52-56-50(37-14-5-2-6-15-37)55-51(57-52)40-17-11-16-38(30-40)35-12-3-1-4-13-35/h1-32H. The summed E-state index contributed by atoms with van der Waals surface area (Å²) in [5.74, 6) is 3.35. The molecule has 270 valence electrons. The van der Waals surface area contributed by atoms with E-state index in [-0.39, 0.29) is 0 Å². The van der Waals surface area contributed by atoms with Crippen molar-refractivity contribution in [2.45, 2.75) is 5.41 Å². The van der Waals surface area contributed by atoms with E-state index >= 15 is 0 Å². The molecule has 0 fully saturated rings. The summed E-state index contributed by atoms with van der Waals surface area (Å²) in [6, 6.07) is 69.1. The molecule has 8 aromatic carbocycles. The Bertz CT molecular complexity index is 3050. The van der Waals surface area contributed by atoms with E-state index in [0.29, 0.717) is 23.0 Å². The summed E-state index contributed by atoms with van der Waals surface area (Å²) >= 11 is 0. The van der Waals surface area contributed by atoms with Gasteiger partial charge in [-0.15, -0.1) is 0 Å². The Labute approximate surface area is 336 Å². The highest BCUT2D eigenvalue weighted by Crippen LogP contribution is 2.62. The maximum Gasteiger partial charge on any atom is 0.164 e. The van der Waals surface area contributed by atoms with E-state index in [9.17, 15) is 5.26 Å². The first-order valence-corrected chi connectivity index (χ1v) is 19.3. The van der Waals surface area contributed by atoms with Gasteiger partial charge in [-0.25, -0.2) is 15.0 Å². The molecule has 2 aliphatic rings. The maximum atomic E-state index is 9.50. The van der Waals surface area contributed by atoms with Gasteiger partial charge in [0.15, 0.2) is 17.5 Å². The minimum Gasteiger partial charge on any atom is -0.457 e. The van der Waals surface area contributed by atoms with Crippen LogP contribution in [0.2, 0.25) is 0 Å². The molecule has 1 aliphatic heterocycles. The molecule has 0 saturated carbocycles. The van der Waals surface area contributed by atoms with Gasteiger partial charge in [0.05, 0.1) is 17.0 Å². The summed E-state index contributed by atoms with van der Waals surface area (Å²) in [5, 5.41) is 9.50. The first-order chi connectivity index (χ1) is 28.7. The summed E-state index contributed by atoms with van der Waals surface area (Å²) in [5.41, 5.74) is 13.7. The van der Waals surface area contributed by atoms with E-state index in [1.165, 1.54) is 22.3 Å². The van der Waals surface area contributed by atoms with Gasteiger partial charge in [0, 0.05) is 27.8 Å². The fourth-order valence-electron chi connectivity index (χ4n) is 8.78. The van der Waals surface area contributed by atoms with Crippen molar-refractivity contribution in [2.75, 3.05) is 0 Å². The average Bonchev–Trinajstić information content (AvgIpc) is 3.60. The summed E-state index contributed by atoms with van der Waals surface area (Å²) in [4.78, 5) is 15.4. The van der Waals surface area contributed by atoms with Crippen LogP contribution in [0, 0.1) is 11.3 Å². The lowest BCUT2D eigenvalue weighted by atomic mass is 9.65. The van der Waals surface area contributed by atoms with Crippen LogP contribution < -0.4 is 4.74 Å². The van der Waals surface area contributed by atoms with Crippen LogP contribution in [0.15, 0.2) is 194 Å². The van der Waals surface area contributed by atoms with Crippen LogP contribution in [0.4, 0.5) is 0 Å². The van der Waals surface area contributed by atoms with Crippen LogP contribution in [0.3, 0.4) is 0 Å². The van der Waals surface area contributed by atoms with E-state index in [1.807, 2.05) is 60.7 Å². The van der Waals surface area contributed by atoms with Gasteiger partial charge in [0.25, 0.3) is 0 Å². The van der Waals surface area contributed by atoms with E-state index in [2.05, 4.69) is 140 Å². The molecular formula is C53H32N4O. The molecule has 0 amide bonds. The van der Waals surface area contributed by atoms with Gasteiger partial charge >= 0.3 is 0 Å². The van der Waals surface area contributed by atoms with Crippen molar-refractivity contribution in [1.82, 2.24) is 15.0 Å². The molecule has 9 aromatic rings. The Hall–Kier alpha value is -7.94. The number of ether oxygens (including phenoxy) is 1. The fourth-order valence-corrected chi connectivity index (χ4v) is 8.78. The lowest BCUT2D eigenvalue weighted by molar-refractivity contribution is 0.436. The number of nitriles is 1.